The van der Waals surface area contributed by atoms with E-state index >= 15 is 0 Å². The number of carbonyl (C=O) groups excluding carboxylic acids is 1. The molecule has 20 heavy (non-hydrogen) atoms. The topological polar surface area (TPSA) is 70.8 Å². The fourth-order valence-corrected chi connectivity index (χ4v) is 1.47. The van der Waals surface area contributed by atoms with E-state index in [1.54, 1.807) is 7.11 Å². The molecular weight excluding hydrogens is 265 g/mol. The molecule has 0 saturated heterocycles. The first-order valence-corrected chi connectivity index (χ1v) is 6.16. The van der Waals surface area contributed by atoms with Gasteiger partial charge in [-0.3, -0.25) is 0 Å². The van der Waals surface area contributed by atoms with Gasteiger partial charge in [-0.2, -0.15) is 0 Å². The van der Waals surface area contributed by atoms with Gasteiger partial charge in [-0.05, 0) is 19.9 Å². The van der Waals surface area contributed by atoms with Gasteiger partial charge in [0, 0.05) is 25.3 Å². The van der Waals surface area contributed by atoms with Crippen LogP contribution in [0.5, 0.6) is 5.75 Å². The highest BCUT2D eigenvalue weighted by Gasteiger charge is 2.18. The Labute approximate surface area is 117 Å². The molecule has 0 aliphatic heterocycles. The van der Waals surface area contributed by atoms with E-state index in [1.165, 1.54) is 13.2 Å². The fourth-order valence-electron chi connectivity index (χ4n) is 1.47. The van der Waals surface area contributed by atoms with E-state index in [0.717, 1.165) is 6.07 Å². The minimum Gasteiger partial charge on any atom is -0.490 e. The molecule has 0 heterocycles. The summed E-state index contributed by atoms with van der Waals surface area (Å²) in [6.45, 7) is 4.05. The number of hydrogen-bond donors (Lipinski definition) is 1. The van der Waals surface area contributed by atoms with E-state index in [4.69, 9.17) is 15.2 Å². The Bertz CT molecular complexity index is 488. The molecule has 0 aliphatic carbocycles. The van der Waals surface area contributed by atoms with Crippen LogP contribution in [0.3, 0.4) is 0 Å². The summed E-state index contributed by atoms with van der Waals surface area (Å²) < 4.78 is 28.9. The quantitative estimate of drug-likeness (QED) is 0.642. The van der Waals surface area contributed by atoms with Crippen molar-refractivity contribution in [2.75, 3.05) is 26.6 Å². The molecule has 0 amide bonds. The molecule has 0 bridgehead atoms. The van der Waals surface area contributed by atoms with Crippen molar-refractivity contribution in [2.24, 2.45) is 0 Å². The Hall–Kier alpha value is -1.82. The minimum absolute atomic E-state index is 0.0129. The Morgan fingerprint density at radius 3 is 2.55 bits per heavy atom. The second kappa shape index (κ2) is 6.56. The number of anilines is 1. The zero-order chi connectivity index (χ0) is 15.3. The zero-order valence-electron chi connectivity index (χ0n) is 12.2. The van der Waals surface area contributed by atoms with Gasteiger partial charge in [0.05, 0.1) is 24.9 Å². The first kappa shape index (κ1) is 16.2. The summed E-state index contributed by atoms with van der Waals surface area (Å²) in [6.07, 6.45) is 0.570. The van der Waals surface area contributed by atoms with Crippen molar-refractivity contribution >= 4 is 11.7 Å². The van der Waals surface area contributed by atoms with Crippen LogP contribution in [0.1, 0.15) is 30.6 Å². The van der Waals surface area contributed by atoms with Gasteiger partial charge < -0.3 is 19.9 Å². The standard InChI is InChI=1S/C14H20FNO4/c1-14(2,19-4)5-6-20-12-7-9(13(17)18-3)11(16)8-10(12)15/h7-8H,5-6,16H2,1-4H3. The number of hydrogen-bond acceptors (Lipinski definition) is 5. The van der Waals surface area contributed by atoms with Crippen LogP contribution in [-0.2, 0) is 9.47 Å². The van der Waals surface area contributed by atoms with Crippen LogP contribution >= 0.6 is 0 Å². The Kier molecular flexibility index (Phi) is 5.33. The van der Waals surface area contributed by atoms with Crippen LogP contribution in [0.2, 0.25) is 0 Å². The summed E-state index contributed by atoms with van der Waals surface area (Å²) in [7, 11) is 2.83. The van der Waals surface area contributed by atoms with E-state index in [1.807, 2.05) is 13.8 Å². The van der Waals surface area contributed by atoms with Gasteiger partial charge in [-0.25, -0.2) is 9.18 Å². The summed E-state index contributed by atoms with van der Waals surface area (Å²) in [6, 6.07) is 2.29. The average molecular weight is 285 g/mol. The molecule has 0 unspecified atom stereocenters. The lowest BCUT2D eigenvalue weighted by Crippen LogP contribution is -2.25. The summed E-state index contributed by atoms with van der Waals surface area (Å²) in [5.74, 6) is -1.29. The van der Waals surface area contributed by atoms with Crippen LogP contribution in [0.25, 0.3) is 0 Å². The van der Waals surface area contributed by atoms with Crippen LogP contribution in [-0.4, -0.2) is 32.4 Å². The summed E-state index contributed by atoms with van der Waals surface area (Å²) >= 11 is 0. The number of esters is 1. The van der Waals surface area contributed by atoms with Crippen molar-refractivity contribution in [2.45, 2.75) is 25.9 Å². The number of nitrogens with two attached hydrogens (primary N) is 1. The maximum absolute atomic E-state index is 13.7. The highest BCUT2D eigenvalue weighted by molar-refractivity contribution is 5.95. The maximum Gasteiger partial charge on any atom is 0.340 e. The lowest BCUT2D eigenvalue weighted by Gasteiger charge is -2.22. The number of carbonyl (C=O) groups is 1. The Morgan fingerprint density at radius 1 is 1.35 bits per heavy atom. The summed E-state index contributed by atoms with van der Waals surface area (Å²) in [5, 5.41) is 0. The van der Waals surface area contributed by atoms with E-state index in [-0.39, 0.29) is 29.2 Å². The number of halogens is 1. The van der Waals surface area contributed by atoms with Gasteiger partial charge >= 0.3 is 5.97 Å². The van der Waals surface area contributed by atoms with Gasteiger partial charge in [-0.1, -0.05) is 0 Å². The van der Waals surface area contributed by atoms with Gasteiger partial charge in [0.15, 0.2) is 11.6 Å². The molecule has 112 valence electrons. The molecule has 2 N–H and O–H groups in total. The monoisotopic (exact) mass is 285 g/mol. The molecule has 0 aliphatic rings. The highest BCUT2D eigenvalue weighted by Crippen LogP contribution is 2.25. The molecular formula is C14H20FNO4. The maximum atomic E-state index is 13.7. The molecule has 1 rings (SSSR count). The molecule has 6 heteroatoms. The van der Waals surface area contributed by atoms with Crippen LogP contribution in [0.15, 0.2) is 12.1 Å². The predicted octanol–water partition coefficient (Wildman–Crippen LogP) is 2.39. The number of methoxy groups -OCH3 is 2. The minimum atomic E-state index is -0.635. The van der Waals surface area contributed by atoms with E-state index in [9.17, 15) is 9.18 Å². The van der Waals surface area contributed by atoms with Crippen LogP contribution in [0.4, 0.5) is 10.1 Å². The molecule has 0 fully saturated rings. The van der Waals surface area contributed by atoms with E-state index < -0.39 is 11.8 Å². The summed E-state index contributed by atoms with van der Waals surface area (Å²) in [5.41, 5.74) is 5.30. The lowest BCUT2D eigenvalue weighted by atomic mass is 10.1. The van der Waals surface area contributed by atoms with Crippen molar-refractivity contribution < 1.29 is 23.4 Å². The SMILES string of the molecule is COC(=O)c1cc(OCCC(C)(C)OC)c(F)cc1N. The smallest absolute Gasteiger partial charge is 0.340 e. The third-order valence-electron chi connectivity index (χ3n) is 3.02. The normalized spacial score (nSPS) is 11.2. The first-order valence-electron chi connectivity index (χ1n) is 6.16. The predicted molar refractivity (Wildman–Crippen MR) is 73.4 cm³/mol. The largest absolute Gasteiger partial charge is 0.490 e. The molecule has 0 radical (unpaired) electrons. The third-order valence-corrected chi connectivity index (χ3v) is 3.02. The molecule has 5 nitrogen and oxygen atoms in total. The average Bonchev–Trinajstić information content (AvgIpc) is 2.40. The Balaban J connectivity index is 2.83. The van der Waals surface area contributed by atoms with Crippen molar-refractivity contribution in [3.8, 4) is 5.75 Å². The van der Waals surface area contributed by atoms with Crippen LogP contribution < -0.4 is 10.5 Å². The Morgan fingerprint density at radius 2 is 2.00 bits per heavy atom. The molecule has 0 atom stereocenters. The van der Waals surface area contributed by atoms with Crippen molar-refractivity contribution in [1.29, 1.82) is 0 Å². The number of benzene rings is 1. The lowest BCUT2D eigenvalue weighted by molar-refractivity contribution is 0.00510. The number of rotatable bonds is 6. The molecule has 1 aromatic rings. The second-order valence-electron chi connectivity index (χ2n) is 4.92. The van der Waals surface area contributed by atoms with Crippen LogP contribution in [0, 0.1) is 5.82 Å². The first-order chi connectivity index (χ1) is 9.30. The zero-order valence-corrected chi connectivity index (χ0v) is 12.2. The van der Waals surface area contributed by atoms with Crippen molar-refractivity contribution in [3.63, 3.8) is 0 Å². The van der Waals surface area contributed by atoms with Crippen molar-refractivity contribution in [3.05, 3.63) is 23.5 Å². The van der Waals surface area contributed by atoms with Crippen molar-refractivity contribution in [1.82, 2.24) is 0 Å². The fraction of sp³-hybridized carbons (Fsp3) is 0.500. The van der Waals surface area contributed by atoms with E-state index in [0.29, 0.717) is 6.42 Å². The highest BCUT2D eigenvalue weighted by atomic mass is 19.1. The third kappa shape index (κ3) is 4.09. The molecule has 1 aromatic carbocycles. The number of nitrogen functional groups attached to an aromatic ring is 1. The second-order valence-corrected chi connectivity index (χ2v) is 4.92. The molecule has 0 saturated carbocycles. The number of ether oxygens (including phenoxy) is 3. The van der Waals surface area contributed by atoms with E-state index in [2.05, 4.69) is 4.74 Å². The summed E-state index contributed by atoms with van der Waals surface area (Å²) in [4.78, 5) is 11.5. The molecule has 0 spiro atoms. The van der Waals surface area contributed by atoms with Gasteiger partial charge in [-0.15, -0.1) is 0 Å². The van der Waals surface area contributed by atoms with Gasteiger partial charge in [0.2, 0.25) is 0 Å². The van der Waals surface area contributed by atoms with Gasteiger partial charge in [0.25, 0.3) is 0 Å². The van der Waals surface area contributed by atoms with Gasteiger partial charge in [0.1, 0.15) is 0 Å². The molecule has 0 aromatic heterocycles.